The summed E-state index contributed by atoms with van der Waals surface area (Å²) in [5.74, 6) is 0. The molecule has 1 aromatic heterocycles. The lowest BCUT2D eigenvalue weighted by Crippen LogP contribution is -2.14. The average molecular weight is 716 g/mol. The molecule has 0 atom stereocenters. The first-order valence-corrected chi connectivity index (χ1v) is 19.8. The minimum Gasteiger partial charge on any atom is -0.256 e. The van der Waals surface area contributed by atoms with E-state index in [-0.39, 0.29) is 10.8 Å². The highest BCUT2D eigenvalue weighted by atomic mass is 14.7. The summed E-state index contributed by atoms with van der Waals surface area (Å²) in [4.78, 5) is 5.14. The van der Waals surface area contributed by atoms with Gasteiger partial charge in [-0.25, -0.2) is 0 Å². The molecule has 1 nitrogen and oxygen atoms in total. The molecule has 11 rings (SSSR count). The van der Waals surface area contributed by atoms with Crippen molar-refractivity contribution in [1.82, 2.24) is 4.98 Å². The Morgan fingerprint density at radius 2 is 0.750 bits per heavy atom. The molecular formula is C55H41N. The van der Waals surface area contributed by atoms with Gasteiger partial charge in [-0.3, -0.25) is 4.98 Å². The number of hydrogen-bond acceptors (Lipinski definition) is 1. The summed E-state index contributed by atoms with van der Waals surface area (Å²) in [6.45, 7) is 9.41. The minimum absolute atomic E-state index is 0.0479. The maximum Gasteiger partial charge on any atom is 0.0792 e. The number of benzene rings is 8. The fraction of sp³-hybridized carbons (Fsp3) is 0.109. The highest BCUT2D eigenvalue weighted by Gasteiger charge is 2.36. The van der Waals surface area contributed by atoms with Crippen LogP contribution in [0.25, 0.3) is 88.4 Å². The number of rotatable bonds is 4. The lowest BCUT2D eigenvalue weighted by molar-refractivity contribution is 0.660. The zero-order valence-corrected chi connectivity index (χ0v) is 32.2. The molecule has 2 aliphatic carbocycles. The topological polar surface area (TPSA) is 12.9 Å². The summed E-state index contributed by atoms with van der Waals surface area (Å²) in [7, 11) is 0. The van der Waals surface area contributed by atoms with Crippen LogP contribution in [0, 0.1) is 0 Å². The van der Waals surface area contributed by atoms with Crippen LogP contribution in [0.15, 0.2) is 176 Å². The van der Waals surface area contributed by atoms with Crippen molar-refractivity contribution < 1.29 is 0 Å². The van der Waals surface area contributed by atoms with E-state index in [1.54, 1.807) is 0 Å². The molecule has 0 spiro atoms. The van der Waals surface area contributed by atoms with Gasteiger partial charge in [0, 0.05) is 28.0 Å². The summed E-state index contributed by atoms with van der Waals surface area (Å²) in [5, 5.41) is 3.60. The van der Waals surface area contributed by atoms with Crippen LogP contribution < -0.4 is 0 Å². The van der Waals surface area contributed by atoms with Crippen LogP contribution in [0.3, 0.4) is 0 Å². The van der Waals surface area contributed by atoms with Crippen molar-refractivity contribution in [3.8, 4) is 66.8 Å². The fourth-order valence-corrected chi connectivity index (χ4v) is 10.1. The molecule has 56 heavy (non-hydrogen) atoms. The van der Waals surface area contributed by atoms with Crippen LogP contribution in [0.2, 0.25) is 0 Å². The highest BCUT2D eigenvalue weighted by molar-refractivity contribution is 6.20. The molecule has 0 fully saturated rings. The van der Waals surface area contributed by atoms with E-state index in [0.29, 0.717) is 0 Å². The van der Waals surface area contributed by atoms with Gasteiger partial charge in [0.25, 0.3) is 0 Å². The minimum atomic E-state index is -0.0496. The lowest BCUT2D eigenvalue weighted by atomic mass is 9.81. The molecule has 0 bridgehead atoms. The quantitative estimate of drug-likeness (QED) is 0.165. The summed E-state index contributed by atoms with van der Waals surface area (Å²) < 4.78 is 0. The normalized spacial score (nSPS) is 14.4. The average Bonchev–Trinajstić information content (AvgIpc) is 3.61. The first-order chi connectivity index (χ1) is 27.3. The van der Waals surface area contributed by atoms with Crippen LogP contribution in [-0.2, 0) is 10.8 Å². The summed E-state index contributed by atoms with van der Waals surface area (Å²) >= 11 is 0. The molecule has 0 unspecified atom stereocenters. The van der Waals surface area contributed by atoms with Gasteiger partial charge in [0.15, 0.2) is 0 Å². The van der Waals surface area contributed by atoms with Gasteiger partial charge < -0.3 is 0 Å². The van der Waals surface area contributed by atoms with Crippen LogP contribution in [0.5, 0.6) is 0 Å². The maximum atomic E-state index is 5.14. The van der Waals surface area contributed by atoms with Gasteiger partial charge in [0.1, 0.15) is 0 Å². The molecule has 8 aromatic carbocycles. The number of fused-ring (bicyclic) bond motifs is 8. The SMILES string of the molecule is CC1(C)c2ccccc2-c2ccc(-c3cccc(-c4c5ccccc5c(-c5cccc(-c6ccc7c(c6)C(C)(C)c6ccccc6-7)c5)c5ncccc45)c3)cc21. The van der Waals surface area contributed by atoms with E-state index in [1.807, 2.05) is 6.20 Å². The third-order valence-electron chi connectivity index (χ3n) is 12.9. The maximum absolute atomic E-state index is 5.14. The molecule has 1 heterocycles. The van der Waals surface area contributed by atoms with E-state index in [1.165, 1.54) is 99.8 Å². The zero-order chi connectivity index (χ0) is 37.8. The standard InChI is InChI=1S/C55H41N/c1-54(2)47-23-9-7-18-40(47)42-27-25-36(32-49(42)54)34-14-11-16-38(30-34)51-44-20-5-6-21-45(44)52(53-46(51)22-13-29-56-53)39-17-12-15-35(31-39)37-26-28-43-41-19-8-10-24-48(41)55(3,4)50(43)33-37/h5-33H,1-4H3. The first kappa shape index (κ1) is 32.8. The van der Waals surface area contributed by atoms with Gasteiger partial charge in [-0.1, -0.05) is 167 Å². The molecule has 0 saturated carbocycles. The van der Waals surface area contributed by atoms with Crippen LogP contribution in [-0.4, -0.2) is 4.98 Å². The van der Waals surface area contributed by atoms with E-state index in [4.69, 9.17) is 4.98 Å². The Morgan fingerprint density at radius 1 is 0.321 bits per heavy atom. The van der Waals surface area contributed by atoms with Gasteiger partial charge in [-0.05, 0) is 125 Å². The van der Waals surface area contributed by atoms with Crippen LogP contribution in [0.4, 0.5) is 0 Å². The Bertz CT molecular complexity index is 2820. The zero-order valence-electron chi connectivity index (χ0n) is 32.2. The predicted octanol–water partition coefficient (Wildman–Crippen LogP) is 14.7. The van der Waals surface area contributed by atoms with Gasteiger partial charge in [0.05, 0.1) is 5.52 Å². The second-order valence-corrected chi connectivity index (χ2v) is 16.7. The van der Waals surface area contributed by atoms with Crippen LogP contribution in [0.1, 0.15) is 49.9 Å². The number of hydrogen-bond donors (Lipinski definition) is 0. The summed E-state index contributed by atoms with van der Waals surface area (Å²) in [5.41, 5.74) is 21.6. The van der Waals surface area contributed by atoms with E-state index in [2.05, 4.69) is 198 Å². The van der Waals surface area contributed by atoms with Gasteiger partial charge >= 0.3 is 0 Å². The summed E-state index contributed by atoms with van der Waals surface area (Å²) in [6.07, 6.45) is 1.94. The number of pyridine rings is 1. The number of nitrogens with zero attached hydrogens (tertiary/aromatic N) is 1. The number of aromatic nitrogens is 1. The molecule has 266 valence electrons. The predicted molar refractivity (Wildman–Crippen MR) is 236 cm³/mol. The highest BCUT2D eigenvalue weighted by Crippen LogP contribution is 2.51. The Hall–Kier alpha value is -6.57. The smallest absolute Gasteiger partial charge is 0.0792 e. The molecule has 0 radical (unpaired) electrons. The first-order valence-electron chi connectivity index (χ1n) is 19.8. The molecule has 2 aliphatic rings. The molecule has 0 saturated heterocycles. The van der Waals surface area contributed by atoms with Crippen molar-refractivity contribution in [3.63, 3.8) is 0 Å². The second kappa shape index (κ2) is 12.0. The van der Waals surface area contributed by atoms with E-state index < -0.39 is 0 Å². The van der Waals surface area contributed by atoms with Crippen molar-refractivity contribution >= 4 is 21.7 Å². The van der Waals surface area contributed by atoms with E-state index in [9.17, 15) is 0 Å². The molecule has 9 aromatic rings. The van der Waals surface area contributed by atoms with Gasteiger partial charge in [0.2, 0.25) is 0 Å². The largest absolute Gasteiger partial charge is 0.256 e. The molecule has 1 heteroatoms. The lowest BCUT2D eigenvalue weighted by Gasteiger charge is -2.22. The van der Waals surface area contributed by atoms with E-state index >= 15 is 0 Å². The Kier molecular flexibility index (Phi) is 7.01. The second-order valence-electron chi connectivity index (χ2n) is 16.7. The van der Waals surface area contributed by atoms with Gasteiger partial charge in [-0.2, -0.15) is 0 Å². The van der Waals surface area contributed by atoms with Crippen molar-refractivity contribution in [2.75, 3.05) is 0 Å². The Balaban J connectivity index is 1.05. The molecule has 0 amide bonds. The fourth-order valence-electron chi connectivity index (χ4n) is 10.1. The third-order valence-corrected chi connectivity index (χ3v) is 12.9. The Morgan fingerprint density at radius 3 is 1.32 bits per heavy atom. The third kappa shape index (κ3) is 4.70. The van der Waals surface area contributed by atoms with Gasteiger partial charge in [-0.15, -0.1) is 0 Å². The molecule has 0 aliphatic heterocycles. The monoisotopic (exact) mass is 715 g/mol. The van der Waals surface area contributed by atoms with Crippen molar-refractivity contribution in [2.24, 2.45) is 0 Å². The summed E-state index contributed by atoms with van der Waals surface area (Å²) in [6, 6.07) is 63.2. The molecule has 0 N–H and O–H groups in total. The Labute approximate surface area is 329 Å². The van der Waals surface area contributed by atoms with Crippen molar-refractivity contribution in [3.05, 3.63) is 198 Å². The van der Waals surface area contributed by atoms with Crippen molar-refractivity contribution in [1.29, 1.82) is 0 Å². The van der Waals surface area contributed by atoms with Crippen LogP contribution >= 0.6 is 0 Å². The van der Waals surface area contributed by atoms with E-state index in [0.717, 1.165) is 10.9 Å². The van der Waals surface area contributed by atoms with Crippen molar-refractivity contribution in [2.45, 2.75) is 38.5 Å². The molecular weight excluding hydrogens is 675 g/mol.